The van der Waals surface area contributed by atoms with E-state index < -0.39 is 0 Å². The number of allylic oxidation sites excluding steroid dienone is 1. The van der Waals surface area contributed by atoms with Crippen molar-refractivity contribution < 1.29 is 0 Å². The van der Waals surface area contributed by atoms with Crippen LogP contribution in [0.5, 0.6) is 0 Å². The Morgan fingerprint density at radius 3 is 2.75 bits per heavy atom. The molecule has 142 valence electrons. The quantitative estimate of drug-likeness (QED) is 0.631. The molecule has 3 heteroatoms. The van der Waals surface area contributed by atoms with E-state index in [0.29, 0.717) is 6.04 Å². The average Bonchev–Trinajstić information content (AvgIpc) is 3.23. The van der Waals surface area contributed by atoms with Crippen LogP contribution in [0.1, 0.15) is 24.0 Å². The minimum Gasteiger partial charge on any atom is -0.383 e. The Labute approximate surface area is 167 Å². The van der Waals surface area contributed by atoms with Crippen LogP contribution < -0.4 is 5.32 Å². The Kier molecular flexibility index (Phi) is 5.43. The van der Waals surface area contributed by atoms with Crippen LogP contribution in [0.2, 0.25) is 0 Å². The first-order valence-corrected chi connectivity index (χ1v) is 9.96. The summed E-state index contributed by atoms with van der Waals surface area (Å²) in [6.07, 6.45) is 4.98. The fraction of sp³-hybridized carbons (Fsp3) is 0.240. The molecule has 3 aromatic rings. The molecule has 1 unspecified atom stereocenters. The van der Waals surface area contributed by atoms with Gasteiger partial charge in [0.15, 0.2) is 0 Å². The smallest absolute Gasteiger partial charge is 0.0704 e. The summed E-state index contributed by atoms with van der Waals surface area (Å²) in [6, 6.07) is 21.3. The molecule has 3 nitrogen and oxygen atoms in total. The number of hydrogen-bond acceptors (Lipinski definition) is 3. The third-order valence-electron chi connectivity index (χ3n) is 5.55. The van der Waals surface area contributed by atoms with E-state index in [2.05, 4.69) is 76.9 Å². The van der Waals surface area contributed by atoms with Crippen LogP contribution in [-0.4, -0.2) is 22.5 Å². The summed E-state index contributed by atoms with van der Waals surface area (Å²) in [5, 5.41) is 4.74. The maximum Gasteiger partial charge on any atom is 0.0704 e. The van der Waals surface area contributed by atoms with Crippen molar-refractivity contribution in [3.8, 4) is 0 Å². The lowest BCUT2D eigenvalue weighted by Crippen LogP contribution is -2.35. The van der Waals surface area contributed by atoms with Crippen LogP contribution in [0.4, 0.5) is 0 Å². The molecule has 1 atom stereocenters. The Morgan fingerprint density at radius 1 is 1.04 bits per heavy atom. The molecule has 1 aromatic heterocycles. The second-order valence-electron chi connectivity index (χ2n) is 7.45. The van der Waals surface area contributed by atoms with E-state index in [1.165, 1.54) is 22.9 Å². The third-order valence-corrected chi connectivity index (χ3v) is 5.55. The van der Waals surface area contributed by atoms with Gasteiger partial charge in [0.05, 0.1) is 11.6 Å². The first-order chi connectivity index (χ1) is 13.7. The minimum absolute atomic E-state index is 0.310. The number of fused-ring (bicyclic) bond motifs is 1. The summed E-state index contributed by atoms with van der Waals surface area (Å²) < 4.78 is 0. The van der Waals surface area contributed by atoms with Crippen molar-refractivity contribution >= 4 is 10.9 Å². The zero-order chi connectivity index (χ0) is 19.3. The molecule has 0 bridgehead atoms. The second-order valence-corrected chi connectivity index (χ2v) is 7.45. The molecule has 1 fully saturated rings. The highest BCUT2D eigenvalue weighted by molar-refractivity contribution is 5.82. The van der Waals surface area contributed by atoms with Crippen LogP contribution in [0.15, 0.2) is 91.4 Å². The highest BCUT2D eigenvalue weighted by Gasteiger charge is 2.27. The molecular weight excluding hydrogens is 342 g/mol. The topological polar surface area (TPSA) is 28.2 Å². The van der Waals surface area contributed by atoms with E-state index in [-0.39, 0.29) is 0 Å². The number of aromatic nitrogens is 1. The molecule has 2 aromatic carbocycles. The van der Waals surface area contributed by atoms with Gasteiger partial charge in [0.1, 0.15) is 0 Å². The van der Waals surface area contributed by atoms with Gasteiger partial charge in [-0.2, -0.15) is 0 Å². The van der Waals surface area contributed by atoms with Gasteiger partial charge in [-0.1, -0.05) is 61.7 Å². The number of benzene rings is 2. The SMILES string of the molecule is C=C(NCc1ccccc1)C1CCCN1C(=C)Cc1cccc2ncccc12. The summed E-state index contributed by atoms with van der Waals surface area (Å²) in [5.74, 6) is 0. The number of likely N-dealkylation sites (tertiary alicyclic amines) is 1. The lowest BCUT2D eigenvalue weighted by molar-refractivity contribution is 0.337. The van der Waals surface area contributed by atoms with E-state index in [1.54, 1.807) is 0 Å². The fourth-order valence-electron chi connectivity index (χ4n) is 4.08. The lowest BCUT2D eigenvalue weighted by atomic mass is 10.0. The highest BCUT2D eigenvalue weighted by atomic mass is 15.2. The Morgan fingerprint density at radius 2 is 1.89 bits per heavy atom. The first-order valence-electron chi connectivity index (χ1n) is 9.96. The molecule has 0 aliphatic carbocycles. The summed E-state index contributed by atoms with van der Waals surface area (Å²) in [5.41, 5.74) is 5.84. The van der Waals surface area contributed by atoms with E-state index >= 15 is 0 Å². The molecule has 4 rings (SSSR count). The van der Waals surface area contributed by atoms with Gasteiger partial charge in [-0.25, -0.2) is 0 Å². The lowest BCUT2D eigenvalue weighted by Gasteiger charge is -2.31. The van der Waals surface area contributed by atoms with Crippen molar-refractivity contribution in [1.82, 2.24) is 15.2 Å². The van der Waals surface area contributed by atoms with Crippen molar-refractivity contribution in [3.05, 3.63) is 103 Å². The molecule has 0 spiro atoms. The Hall–Kier alpha value is -3.07. The van der Waals surface area contributed by atoms with E-state index in [9.17, 15) is 0 Å². The molecule has 1 saturated heterocycles. The van der Waals surface area contributed by atoms with Crippen LogP contribution in [0, 0.1) is 0 Å². The number of nitrogens with one attached hydrogen (secondary N) is 1. The molecule has 0 radical (unpaired) electrons. The van der Waals surface area contributed by atoms with E-state index in [1.807, 2.05) is 18.3 Å². The number of pyridine rings is 1. The van der Waals surface area contributed by atoms with Crippen molar-refractivity contribution in [3.63, 3.8) is 0 Å². The zero-order valence-corrected chi connectivity index (χ0v) is 16.3. The van der Waals surface area contributed by atoms with Crippen molar-refractivity contribution in [2.45, 2.75) is 31.8 Å². The van der Waals surface area contributed by atoms with Gasteiger partial charge in [-0.05, 0) is 36.1 Å². The average molecular weight is 370 g/mol. The summed E-state index contributed by atoms with van der Waals surface area (Å²) >= 11 is 0. The predicted octanol–water partition coefficient (Wildman–Crippen LogP) is 5.06. The zero-order valence-electron chi connectivity index (χ0n) is 16.3. The van der Waals surface area contributed by atoms with Gasteiger partial charge < -0.3 is 10.2 Å². The molecule has 0 saturated carbocycles. The van der Waals surface area contributed by atoms with Crippen LogP contribution in [0.3, 0.4) is 0 Å². The monoisotopic (exact) mass is 369 g/mol. The number of hydrogen-bond donors (Lipinski definition) is 1. The Balaban J connectivity index is 1.43. The second kappa shape index (κ2) is 8.30. The number of rotatable bonds is 7. The molecule has 1 aliphatic rings. The molecule has 2 heterocycles. The third kappa shape index (κ3) is 3.94. The van der Waals surface area contributed by atoms with Gasteiger partial charge in [0, 0.05) is 42.5 Å². The Bertz CT molecular complexity index is 972. The predicted molar refractivity (Wildman–Crippen MR) is 117 cm³/mol. The van der Waals surface area contributed by atoms with E-state index in [0.717, 1.165) is 42.8 Å². The van der Waals surface area contributed by atoms with Crippen molar-refractivity contribution in [1.29, 1.82) is 0 Å². The van der Waals surface area contributed by atoms with Gasteiger partial charge in [0.25, 0.3) is 0 Å². The van der Waals surface area contributed by atoms with Crippen LogP contribution in [-0.2, 0) is 13.0 Å². The normalized spacial score (nSPS) is 16.3. The summed E-state index contributed by atoms with van der Waals surface area (Å²) in [4.78, 5) is 6.90. The highest BCUT2D eigenvalue weighted by Crippen LogP contribution is 2.28. The van der Waals surface area contributed by atoms with Crippen molar-refractivity contribution in [2.75, 3.05) is 6.54 Å². The van der Waals surface area contributed by atoms with Crippen LogP contribution in [0.25, 0.3) is 10.9 Å². The largest absolute Gasteiger partial charge is 0.383 e. The van der Waals surface area contributed by atoms with Gasteiger partial charge in [0.2, 0.25) is 0 Å². The van der Waals surface area contributed by atoms with E-state index in [4.69, 9.17) is 0 Å². The maximum absolute atomic E-state index is 4.48. The number of nitrogens with zero attached hydrogens (tertiary/aromatic N) is 2. The summed E-state index contributed by atoms with van der Waals surface area (Å²) in [7, 11) is 0. The molecule has 1 N–H and O–H groups in total. The maximum atomic E-state index is 4.48. The molecule has 0 amide bonds. The van der Waals surface area contributed by atoms with Gasteiger partial charge in [-0.15, -0.1) is 0 Å². The molecule has 1 aliphatic heterocycles. The van der Waals surface area contributed by atoms with Crippen molar-refractivity contribution in [2.24, 2.45) is 0 Å². The molecular formula is C25H27N3. The summed E-state index contributed by atoms with van der Waals surface area (Å²) in [6.45, 7) is 10.6. The van der Waals surface area contributed by atoms with Gasteiger partial charge >= 0.3 is 0 Å². The van der Waals surface area contributed by atoms with Gasteiger partial charge in [-0.3, -0.25) is 4.98 Å². The molecule has 28 heavy (non-hydrogen) atoms. The fourth-order valence-corrected chi connectivity index (χ4v) is 4.08. The van der Waals surface area contributed by atoms with Crippen LogP contribution >= 0.6 is 0 Å². The minimum atomic E-state index is 0.310. The standard InChI is InChI=1S/C25H27N3/c1-19(17-22-11-6-13-24-23(22)12-7-15-26-24)28-16-8-14-25(28)20(2)27-18-21-9-4-3-5-10-21/h3-7,9-13,15,25,27H,1-2,8,14,16-18H2. The first kappa shape index (κ1) is 18.3.